The van der Waals surface area contributed by atoms with E-state index in [2.05, 4.69) is 34.9 Å². The van der Waals surface area contributed by atoms with Crippen molar-refractivity contribution in [3.63, 3.8) is 0 Å². The molecule has 1 aliphatic heterocycles. The van der Waals surface area contributed by atoms with Crippen LogP contribution in [0.2, 0.25) is 0 Å². The Labute approximate surface area is 72.7 Å². The molecule has 66 valence electrons. The Morgan fingerprint density at radius 3 is 2.45 bits per heavy atom. The van der Waals surface area contributed by atoms with Crippen LogP contribution in [0.5, 0.6) is 0 Å². The van der Waals surface area contributed by atoms with Gasteiger partial charge in [-0.2, -0.15) is 0 Å². The molecule has 0 aromatic heterocycles. The van der Waals surface area contributed by atoms with E-state index in [-0.39, 0.29) is 0 Å². The molecule has 0 aliphatic carbocycles. The van der Waals surface area contributed by atoms with Crippen molar-refractivity contribution in [3.05, 3.63) is 0 Å². The molecular weight excluding hydrogens is 153 g/mol. The predicted octanol–water partition coefficient (Wildman–Crippen LogP) is 2.12. The summed E-state index contributed by atoms with van der Waals surface area (Å²) in [6, 6.07) is 0.819. The molecule has 0 aromatic carbocycles. The highest BCUT2D eigenvalue weighted by Crippen LogP contribution is 2.26. The van der Waals surface area contributed by atoms with Gasteiger partial charge in [-0.25, -0.2) is 0 Å². The first-order valence-corrected chi connectivity index (χ1v) is 5.34. The van der Waals surface area contributed by atoms with Crippen molar-refractivity contribution in [2.75, 3.05) is 12.7 Å². The topological polar surface area (TPSA) is 3.24 Å². The summed E-state index contributed by atoms with van der Waals surface area (Å²) >= 11 is 0. The molecule has 0 aromatic rings. The van der Waals surface area contributed by atoms with Gasteiger partial charge in [-0.3, -0.25) is 4.90 Å². The lowest BCUT2D eigenvalue weighted by molar-refractivity contribution is 0.132. The first kappa shape index (κ1) is 9.48. The van der Waals surface area contributed by atoms with Crippen LogP contribution < -0.4 is 0 Å². The molecule has 1 nitrogen and oxygen atoms in total. The van der Waals surface area contributed by atoms with E-state index in [1.807, 2.05) is 0 Å². The summed E-state index contributed by atoms with van der Waals surface area (Å²) in [6.45, 7) is 8.23. The van der Waals surface area contributed by atoms with E-state index in [1.165, 1.54) is 25.5 Å². The fourth-order valence-corrected chi connectivity index (χ4v) is 2.45. The quantitative estimate of drug-likeness (QED) is 0.549. The molecule has 1 saturated heterocycles. The summed E-state index contributed by atoms with van der Waals surface area (Å²) in [5.74, 6) is 0. The van der Waals surface area contributed by atoms with E-state index in [0.29, 0.717) is 5.54 Å². The molecule has 0 radical (unpaired) electrons. The summed E-state index contributed by atoms with van der Waals surface area (Å²) < 4.78 is 0. The number of hydrogen-bond acceptors (Lipinski definition) is 1. The zero-order valence-corrected chi connectivity index (χ0v) is 9.09. The van der Waals surface area contributed by atoms with Crippen molar-refractivity contribution in [1.82, 2.24) is 4.90 Å². The van der Waals surface area contributed by atoms with Crippen LogP contribution in [0, 0.1) is 0 Å². The van der Waals surface area contributed by atoms with E-state index in [9.17, 15) is 0 Å². The minimum atomic E-state index is 0.373. The highest BCUT2D eigenvalue weighted by atomic mass is 31.0. The van der Waals surface area contributed by atoms with Crippen LogP contribution in [0.3, 0.4) is 0 Å². The predicted molar refractivity (Wildman–Crippen MR) is 54.1 cm³/mol. The van der Waals surface area contributed by atoms with Crippen LogP contribution in [0.25, 0.3) is 0 Å². The fraction of sp³-hybridized carbons (Fsp3) is 1.00. The SMILES string of the molecule is CC(C)(C)N1CCCC1CP. The van der Waals surface area contributed by atoms with Gasteiger partial charge in [0, 0.05) is 11.6 Å². The van der Waals surface area contributed by atoms with Gasteiger partial charge in [-0.1, -0.05) is 0 Å². The van der Waals surface area contributed by atoms with Crippen LogP contribution in [0.4, 0.5) is 0 Å². The zero-order valence-electron chi connectivity index (χ0n) is 7.93. The second-order valence-electron chi connectivity index (χ2n) is 4.40. The monoisotopic (exact) mass is 173 g/mol. The fourth-order valence-electron chi connectivity index (χ4n) is 1.96. The Balaban J connectivity index is 2.57. The second-order valence-corrected chi connectivity index (χ2v) is 4.87. The third kappa shape index (κ3) is 2.16. The largest absolute Gasteiger partial charge is 0.295 e. The van der Waals surface area contributed by atoms with Crippen molar-refractivity contribution in [1.29, 1.82) is 0 Å². The Morgan fingerprint density at radius 2 is 2.09 bits per heavy atom. The molecule has 0 saturated carbocycles. The normalized spacial score (nSPS) is 27.8. The highest BCUT2D eigenvalue weighted by molar-refractivity contribution is 7.16. The smallest absolute Gasteiger partial charge is 0.0135 e. The van der Waals surface area contributed by atoms with Crippen LogP contribution in [-0.2, 0) is 0 Å². The molecule has 0 bridgehead atoms. The Hall–Kier alpha value is 0.390. The molecule has 2 atom stereocenters. The van der Waals surface area contributed by atoms with E-state index < -0.39 is 0 Å². The molecule has 2 unspecified atom stereocenters. The second kappa shape index (κ2) is 3.41. The lowest BCUT2D eigenvalue weighted by atomic mass is 10.1. The van der Waals surface area contributed by atoms with Crippen molar-refractivity contribution in [2.24, 2.45) is 0 Å². The maximum Gasteiger partial charge on any atom is 0.0135 e. The molecule has 1 aliphatic rings. The van der Waals surface area contributed by atoms with Crippen molar-refractivity contribution >= 4 is 9.24 Å². The van der Waals surface area contributed by atoms with E-state index >= 15 is 0 Å². The molecule has 0 spiro atoms. The third-order valence-electron chi connectivity index (χ3n) is 2.51. The zero-order chi connectivity index (χ0) is 8.48. The van der Waals surface area contributed by atoms with E-state index in [0.717, 1.165) is 6.04 Å². The lowest BCUT2D eigenvalue weighted by Gasteiger charge is -2.36. The summed E-state index contributed by atoms with van der Waals surface area (Å²) in [4.78, 5) is 2.62. The van der Waals surface area contributed by atoms with Crippen molar-refractivity contribution in [3.8, 4) is 0 Å². The molecule has 0 N–H and O–H groups in total. The molecule has 0 amide bonds. The van der Waals surface area contributed by atoms with Gasteiger partial charge in [0.25, 0.3) is 0 Å². The molecular formula is C9H20NP. The molecule has 1 rings (SSSR count). The average molecular weight is 173 g/mol. The standard InChI is InChI=1S/C9H20NP/c1-9(2,3)10-6-4-5-8(10)7-11/h8H,4-7,11H2,1-3H3. The summed E-state index contributed by atoms with van der Waals surface area (Å²) in [6.07, 6.45) is 4.01. The number of nitrogens with zero attached hydrogens (tertiary/aromatic N) is 1. The molecule has 1 fully saturated rings. The van der Waals surface area contributed by atoms with Crippen molar-refractivity contribution < 1.29 is 0 Å². The first-order chi connectivity index (χ1) is 5.05. The first-order valence-electron chi connectivity index (χ1n) is 4.52. The van der Waals surface area contributed by atoms with Gasteiger partial charge in [0.05, 0.1) is 0 Å². The maximum absolute atomic E-state index is 2.86. The number of likely N-dealkylation sites (tertiary alicyclic amines) is 1. The minimum Gasteiger partial charge on any atom is -0.295 e. The van der Waals surface area contributed by atoms with Gasteiger partial charge in [0.2, 0.25) is 0 Å². The molecule has 1 heterocycles. The third-order valence-corrected chi connectivity index (χ3v) is 3.06. The highest BCUT2D eigenvalue weighted by Gasteiger charge is 2.31. The van der Waals surface area contributed by atoms with Gasteiger partial charge < -0.3 is 0 Å². The minimum absolute atomic E-state index is 0.373. The van der Waals surface area contributed by atoms with E-state index in [4.69, 9.17) is 0 Å². The lowest BCUT2D eigenvalue weighted by Crippen LogP contribution is -2.45. The average Bonchev–Trinajstić information content (AvgIpc) is 2.31. The Morgan fingerprint density at radius 1 is 1.45 bits per heavy atom. The van der Waals surface area contributed by atoms with Gasteiger partial charge >= 0.3 is 0 Å². The van der Waals surface area contributed by atoms with E-state index in [1.54, 1.807) is 0 Å². The summed E-state index contributed by atoms with van der Waals surface area (Å²) in [5.41, 5.74) is 0.373. The number of rotatable bonds is 1. The van der Waals surface area contributed by atoms with Crippen LogP contribution in [0.15, 0.2) is 0 Å². The van der Waals surface area contributed by atoms with Gasteiger partial charge in [-0.05, 0) is 46.3 Å². The summed E-state index contributed by atoms with van der Waals surface area (Å²) in [5, 5.41) is 0. The van der Waals surface area contributed by atoms with Crippen LogP contribution in [0.1, 0.15) is 33.6 Å². The van der Waals surface area contributed by atoms with Gasteiger partial charge in [0.1, 0.15) is 0 Å². The Bertz CT molecular complexity index is 128. The van der Waals surface area contributed by atoms with Crippen LogP contribution >= 0.6 is 9.24 Å². The van der Waals surface area contributed by atoms with Gasteiger partial charge in [-0.15, -0.1) is 9.24 Å². The van der Waals surface area contributed by atoms with Crippen LogP contribution in [-0.4, -0.2) is 29.2 Å². The Kier molecular flexibility index (Phi) is 2.94. The summed E-state index contributed by atoms with van der Waals surface area (Å²) in [7, 11) is 2.86. The number of hydrogen-bond donors (Lipinski definition) is 0. The van der Waals surface area contributed by atoms with Gasteiger partial charge in [0.15, 0.2) is 0 Å². The maximum atomic E-state index is 2.86. The molecule has 11 heavy (non-hydrogen) atoms. The van der Waals surface area contributed by atoms with Crippen molar-refractivity contribution in [2.45, 2.75) is 45.2 Å². The molecule has 2 heteroatoms.